The van der Waals surface area contributed by atoms with Crippen LogP contribution in [-0.2, 0) is 12.8 Å². The summed E-state index contributed by atoms with van der Waals surface area (Å²) in [5.74, 6) is 0.415. The zero-order valence-electron chi connectivity index (χ0n) is 12.8. The molecule has 112 valence electrons. The normalized spacial score (nSPS) is 10.6. The van der Waals surface area contributed by atoms with Gasteiger partial charge in [-0.15, -0.1) is 5.10 Å². The summed E-state index contributed by atoms with van der Waals surface area (Å²) in [6.45, 7) is 6.84. The monoisotopic (exact) mass is 278 g/mol. The Bertz CT molecular complexity index is 446. The van der Waals surface area contributed by atoms with E-state index >= 15 is 0 Å². The summed E-state index contributed by atoms with van der Waals surface area (Å²) < 4.78 is 5.69. The molecule has 5 nitrogen and oxygen atoms in total. The van der Waals surface area contributed by atoms with Gasteiger partial charge >= 0.3 is 0 Å². The molecule has 1 heterocycles. The highest BCUT2D eigenvalue weighted by atomic mass is 16.5. The average Bonchev–Trinajstić information content (AvgIpc) is 2.45. The summed E-state index contributed by atoms with van der Waals surface area (Å²) in [6.07, 6.45) is 6.11. The van der Waals surface area contributed by atoms with Crippen LogP contribution >= 0.6 is 0 Å². The van der Waals surface area contributed by atoms with E-state index in [0.717, 1.165) is 36.9 Å². The van der Waals surface area contributed by atoms with Crippen molar-refractivity contribution in [1.82, 2.24) is 10.2 Å². The summed E-state index contributed by atoms with van der Waals surface area (Å²) in [7, 11) is 0. The maximum absolute atomic E-state index is 7.77. The highest BCUT2D eigenvalue weighted by molar-refractivity contribution is 5.98. The Kier molecular flexibility index (Phi) is 6.98. The second kappa shape index (κ2) is 8.51. The third kappa shape index (κ3) is 4.18. The van der Waals surface area contributed by atoms with Gasteiger partial charge in [0.05, 0.1) is 17.9 Å². The number of nitrogens with zero attached hydrogens (tertiary/aromatic N) is 2. The smallest absolute Gasteiger partial charge is 0.244 e. The minimum absolute atomic E-state index is 0.00927. The van der Waals surface area contributed by atoms with Crippen LogP contribution in [0, 0.1) is 5.41 Å². The molecule has 0 amide bonds. The van der Waals surface area contributed by atoms with Crippen LogP contribution in [0.1, 0.15) is 63.3 Å². The van der Waals surface area contributed by atoms with Gasteiger partial charge in [-0.05, 0) is 24.8 Å². The fourth-order valence-corrected chi connectivity index (χ4v) is 2.23. The van der Waals surface area contributed by atoms with Crippen LogP contribution in [0.5, 0.6) is 5.88 Å². The molecule has 0 atom stereocenters. The van der Waals surface area contributed by atoms with E-state index in [1.165, 1.54) is 12.8 Å². The van der Waals surface area contributed by atoms with Crippen molar-refractivity contribution in [2.75, 3.05) is 6.61 Å². The van der Waals surface area contributed by atoms with Crippen LogP contribution in [-0.4, -0.2) is 22.6 Å². The van der Waals surface area contributed by atoms with Crippen LogP contribution in [0.3, 0.4) is 0 Å². The maximum atomic E-state index is 7.77. The van der Waals surface area contributed by atoms with E-state index in [4.69, 9.17) is 15.9 Å². The van der Waals surface area contributed by atoms with Gasteiger partial charge in [-0.1, -0.05) is 40.0 Å². The number of rotatable bonds is 9. The molecule has 0 unspecified atom stereocenters. The third-order valence-electron chi connectivity index (χ3n) is 3.32. The second-order valence-electron chi connectivity index (χ2n) is 4.84. The molecule has 1 rings (SSSR count). The molecule has 20 heavy (non-hydrogen) atoms. The van der Waals surface area contributed by atoms with Crippen molar-refractivity contribution >= 4 is 5.84 Å². The van der Waals surface area contributed by atoms with Crippen molar-refractivity contribution < 1.29 is 4.74 Å². The van der Waals surface area contributed by atoms with Gasteiger partial charge in [0.1, 0.15) is 5.84 Å². The lowest BCUT2D eigenvalue weighted by molar-refractivity contribution is 0.289. The van der Waals surface area contributed by atoms with Crippen molar-refractivity contribution in [2.24, 2.45) is 5.73 Å². The van der Waals surface area contributed by atoms with E-state index < -0.39 is 0 Å². The van der Waals surface area contributed by atoms with Gasteiger partial charge in [0, 0.05) is 0 Å². The number of amidine groups is 1. The molecule has 0 saturated heterocycles. The van der Waals surface area contributed by atoms with Gasteiger partial charge in [-0.2, -0.15) is 5.10 Å². The molecule has 1 aromatic heterocycles. The van der Waals surface area contributed by atoms with Crippen molar-refractivity contribution in [1.29, 1.82) is 5.41 Å². The average molecular weight is 278 g/mol. The summed E-state index contributed by atoms with van der Waals surface area (Å²) in [5, 5.41) is 16.1. The molecular weight excluding hydrogens is 252 g/mol. The molecule has 3 N–H and O–H groups in total. The molecule has 0 aromatic carbocycles. The molecule has 0 saturated carbocycles. The molecule has 1 aromatic rings. The molecular formula is C15H26N4O. The van der Waals surface area contributed by atoms with E-state index in [2.05, 4.69) is 17.1 Å². The van der Waals surface area contributed by atoms with Gasteiger partial charge in [0.2, 0.25) is 5.88 Å². The highest BCUT2D eigenvalue weighted by Gasteiger charge is 2.17. The number of aromatic nitrogens is 2. The van der Waals surface area contributed by atoms with Crippen molar-refractivity contribution in [3.63, 3.8) is 0 Å². The van der Waals surface area contributed by atoms with Gasteiger partial charge in [-0.3, -0.25) is 5.41 Å². The Morgan fingerprint density at radius 2 is 1.85 bits per heavy atom. The molecule has 0 radical (unpaired) electrons. The Morgan fingerprint density at radius 1 is 1.10 bits per heavy atom. The fourth-order valence-electron chi connectivity index (χ4n) is 2.23. The summed E-state index contributed by atoms with van der Waals surface area (Å²) in [5.41, 5.74) is 8.21. The van der Waals surface area contributed by atoms with Gasteiger partial charge in [0.15, 0.2) is 0 Å². The number of hydrogen-bond donors (Lipinski definition) is 2. The van der Waals surface area contributed by atoms with Crippen LogP contribution < -0.4 is 10.5 Å². The Labute approximate surface area is 121 Å². The van der Waals surface area contributed by atoms with E-state index in [0.29, 0.717) is 18.1 Å². The molecule has 0 fully saturated rings. The lowest BCUT2D eigenvalue weighted by Gasteiger charge is -2.14. The standard InChI is InChI=1S/C15H26N4O/c1-4-7-8-9-10-20-15-13(14(16)17)11(5-2)12(6-3)18-19-15/h4-10H2,1-3H3,(H3,16,17). The van der Waals surface area contributed by atoms with Crippen LogP contribution in [0.4, 0.5) is 0 Å². The predicted molar refractivity (Wildman–Crippen MR) is 81.4 cm³/mol. The van der Waals surface area contributed by atoms with Gasteiger partial charge in [0.25, 0.3) is 0 Å². The molecule has 0 aliphatic rings. The molecule has 0 bridgehead atoms. The Balaban J connectivity index is 2.87. The highest BCUT2D eigenvalue weighted by Crippen LogP contribution is 2.22. The van der Waals surface area contributed by atoms with Crippen molar-refractivity contribution in [3.8, 4) is 5.88 Å². The molecule has 0 aliphatic carbocycles. The third-order valence-corrected chi connectivity index (χ3v) is 3.32. The van der Waals surface area contributed by atoms with E-state index in [1.54, 1.807) is 0 Å². The molecule has 5 heteroatoms. The lowest BCUT2D eigenvalue weighted by Crippen LogP contribution is -2.19. The number of nitrogens with two attached hydrogens (primary N) is 1. The SMILES string of the molecule is CCCCCCOc1nnc(CC)c(CC)c1C(=N)N. The Morgan fingerprint density at radius 3 is 2.40 bits per heavy atom. The van der Waals surface area contributed by atoms with Crippen molar-refractivity contribution in [2.45, 2.75) is 59.3 Å². The van der Waals surface area contributed by atoms with Gasteiger partial charge < -0.3 is 10.5 Å². The predicted octanol–water partition coefficient (Wildman–Crippen LogP) is 2.84. The number of nitrogen functional groups attached to an aromatic ring is 1. The number of aryl methyl sites for hydroxylation is 1. The summed E-state index contributed by atoms with van der Waals surface area (Å²) in [6, 6.07) is 0. The largest absolute Gasteiger partial charge is 0.476 e. The topological polar surface area (TPSA) is 84.9 Å². The summed E-state index contributed by atoms with van der Waals surface area (Å²) in [4.78, 5) is 0. The van der Waals surface area contributed by atoms with Crippen LogP contribution in [0.2, 0.25) is 0 Å². The number of nitrogens with one attached hydrogen (secondary N) is 1. The fraction of sp³-hybridized carbons (Fsp3) is 0.667. The zero-order valence-corrected chi connectivity index (χ0v) is 12.8. The van der Waals surface area contributed by atoms with E-state index in [1.807, 2.05) is 13.8 Å². The first kappa shape index (κ1) is 16.4. The van der Waals surface area contributed by atoms with Gasteiger partial charge in [-0.25, -0.2) is 0 Å². The van der Waals surface area contributed by atoms with Crippen molar-refractivity contribution in [3.05, 3.63) is 16.8 Å². The number of ether oxygens (including phenoxy) is 1. The molecule has 0 aliphatic heterocycles. The van der Waals surface area contributed by atoms with E-state index in [-0.39, 0.29) is 5.84 Å². The minimum atomic E-state index is 0.00927. The summed E-state index contributed by atoms with van der Waals surface area (Å²) >= 11 is 0. The first-order valence-corrected chi connectivity index (χ1v) is 7.51. The van der Waals surface area contributed by atoms with Crippen LogP contribution in [0.15, 0.2) is 0 Å². The molecule has 0 spiro atoms. The van der Waals surface area contributed by atoms with Crippen LogP contribution in [0.25, 0.3) is 0 Å². The maximum Gasteiger partial charge on any atom is 0.244 e. The first-order chi connectivity index (χ1) is 9.65. The number of hydrogen-bond acceptors (Lipinski definition) is 4. The second-order valence-corrected chi connectivity index (χ2v) is 4.84. The zero-order chi connectivity index (χ0) is 15.0. The van der Waals surface area contributed by atoms with E-state index in [9.17, 15) is 0 Å². The Hall–Kier alpha value is -1.65. The quantitative estimate of drug-likeness (QED) is 0.413. The lowest BCUT2D eigenvalue weighted by atomic mass is 10.0. The first-order valence-electron chi connectivity index (χ1n) is 7.51. The minimum Gasteiger partial charge on any atom is -0.476 e. The number of unbranched alkanes of at least 4 members (excludes halogenated alkanes) is 3.